The van der Waals surface area contributed by atoms with Crippen LogP contribution >= 0.6 is 0 Å². The molecule has 0 aliphatic carbocycles. The standard InChI is InChI=1S/C11H15N/c1-8-6-4-5-7-11(8)12-9(2)10(12)3/h4-7,9-10H,1-3H3/t9-,10+,12?/i9D/m0/s1. The van der Waals surface area contributed by atoms with E-state index in [0.29, 0.717) is 6.04 Å². The first-order chi connectivity index (χ1) is 6.05. The van der Waals surface area contributed by atoms with Gasteiger partial charge in [0.1, 0.15) is 0 Å². The lowest BCUT2D eigenvalue weighted by Gasteiger charge is -2.07. The molecule has 1 saturated heterocycles. The molecule has 1 heterocycles. The molecule has 1 heteroatoms. The fraction of sp³-hybridized carbons (Fsp3) is 0.455. The fourth-order valence-corrected chi connectivity index (χ4v) is 1.66. The van der Waals surface area contributed by atoms with Crippen molar-refractivity contribution in [1.82, 2.24) is 0 Å². The molecule has 0 unspecified atom stereocenters. The molecule has 64 valence electrons. The monoisotopic (exact) mass is 162 g/mol. The molecule has 0 saturated carbocycles. The van der Waals surface area contributed by atoms with Crippen molar-refractivity contribution >= 4 is 5.69 Å². The first kappa shape index (κ1) is 6.53. The van der Waals surface area contributed by atoms with Crippen LogP contribution in [0.25, 0.3) is 0 Å². The Balaban J connectivity index is 2.34. The second-order valence-electron chi connectivity index (χ2n) is 3.47. The highest BCUT2D eigenvalue weighted by atomic mass is 15.3. The lowest BCUT2D eigenvalue weighted by molar-refractivity contribution is 1.05. The highest BCUT2D eigenvalue weighted by Crippen LogP contribution is 2.36. The third kappa shape index (κ3) is 1.01. The third-order valence-corrected chi connectivity index (χ3v) is 2.68. The van der Waals surface area contributed by atoms with Crippen molar-refractivity contribution in [1.29, 1.82) is 0 Å². The lowest BCUT2D eigenvalue weighted by atomic mass is 10.2. The number of hydrogen-bond donors (Lipinski definition) is 0. The van der Waals surface area contributed by atoms with Gasteiger partial charge in [0.2, 0.25) is 0 Å². The molecule has 0 spiro atoms. The molecule has 1 aliphatic rings. The van der Waals surface area contributed by atoms with E-state index in [1.165, 1.54) is 11.3 Å². The smallest absolute Gasteiger partial charge is 0.0548 e. The quantitative estimate of drug-likeness (QED) is 0.574. The van der Waals surface area contributed by atoms with Crippen LogP contribution in [0.3, 0.4) is 0 Å². The Bertz CT molecular complexity index is 333. The van der Waals surface area contributed by atoms with Crippen LogP contribution in [-0.4, -0.2) is 12.1 Å². The summed E-state index contributed by atoms with van der Waals surface area (Å²) in [6.07, 6.45) is 0. The van der Waals surface area contributed by atoms with Crippen LogP contribution in [0.1, 0.15) is 20.8 Å². The van der Waals surface area contributed by atoms with Gasteiger partial charge in [0.25, 0.3) is 0 Å². The van der Waals surface area contributed by atoms with Gasteiger partial charge in [0.05, 0.1) is 1.37 Å². The minimum atomic E-state index is -0.397. The summed E-state index contributed by atoms with van der Waals surface area (Å²) < 4.78 is 7.97. The van der Waals surface area contributed by atoms with Gasteiger partial charge in [-0.2, -0.15) is 0 Å². The fourth-order valence-electron chi connectivity index (χ4n) is 1.66. The molecule has 0 amide bonds. The number of hydrogen-bond acceptors (Lipinski definition) is 1. The molecule has 0 aromatic heterocycles. The molecule has 1 aromatic carbocycles. The first-order valence-electron chi connectivity index (χ1n) is 4.90. The van der Waals surface area contributed by atoms with E-state index >= 15 is 0 Å². The summed E-state index contributed by atoms with van der Waals surface area (Å²) in [6, 6.07) is 8.19. The molecule has 12 heavy (non-hydrogen) atoms. The van der Waals surface area contributed by atoms with Crippen LogP contribution < -0.4 is 4.90 Å². The van der Waals surface area contributed by atoms with E-state index in [1.54, 1.807) is 0 Å². The summed E-state index contributed by atoms with van der Waals surface area (Å²) in [5.41, 5.74) is 2.46. The molecule has 0 radical (unpaired) electrons. The van der Waals surface area contributed by atoms with E-state index in [1.807, 2.05) is 19.1 Å². The zero-order chi connectivity index (χ0) is 9.64. The van der Waals surface area contributed by atoms with Gasteiger partial charge in [-0.15, -0.1) is 0 Å². The minimum Gasteiger partial charge on any atom is -0.362 e. The SMILES string of the molecule is [2H][C@]1(C)[C@@H](C)N1c1ccccc1C. The molecular formula is C11H15N. The second kappa shape index (κ2) is 2.51. The predicted octanol–water partition coefficient (Wildman–Crippen LogP) is 2.59. The number of anilines is 1. The van der Waals surface area contributed by atoms with Gasteiger partial charge in [-0.3, -0.25) is 0 Å². The molecule has 1 fully saturated rings. The Morgan fingerprint density at radius 3 is 2.42 bits per heavy atom. The van der Waals surface area contributed by atoms with E-state index < -0.39 is 6.02 Å². The summed E-state index contributed by atoms with van der Waals surface area (Å²) >= 11 is 0. The van der Waals surface area contributed by atoms with Crippen molar-refractivity contribution in [2.24, 2.45) is 0 Å². The van der Waals surface area contributed by atoms with Crippen molar-refractivity contribution in [3.05, 3.63) is 29.8 Å². The van der Waals surface area contributed by atoms with Crippen LogP contribution in [0.15, 0.2) is 24.3 Å². The largest absolute Gasteiger partial charge is 0.362 e. The van der Waals surface area contributed by atoms with Crippen molar-refractivity contribution in [2.75, 3.05) is 4.90 Å². The van der Waals surface area contributed by atoms with Gasteiger partial charge in [-0.1, -0.05) is 18.2 Å². The van der Waals surface area contributed by atoms with Crippen molar-refractivity contribution in [2.45, 2.75) is 32.8 Å². The Morgan fingerprint density at radius 1 is 1.33 bits per heavy atom. The molecule has 1 aromatic rings. The maximum absolute atomic E-state index is 7.97. The van der Waals surface area contributed by atoms with E-state index in [2.05, 4.69) is 30.9 Å². The van der Waals surface area contributed by atoms with Gasteiger partial charge in [0.15, 0.2) is 0 Å². The number of para-hydroxylation sites is 1. The van der Waals surface area contributed by atoms with Crippen LogP contribution in [0.5, 0.6) is 0 Å². The van der Waals surface area contributed by atoms with E-state index in [-0.39, 0.29) is 0 Å². The number of rotatable bonds is 1. The summed E-state index contributed by atoms with van der Waals surface area (Å²) in [5.74, 6) is 0. The maximum Gasteiger partial charge on any atom is 0.0548 e. The minimum absolute atomic E-state index is 0.341. The number of benzene rings is 1. The Morgan fingerprint density at radius 2 is 1.92 bits per heavy atom. The van der Waals surface area contributed by atoms with Crippen molar-refractivity contribution in [3.63, 3.8) is 0 Å². The Kier molecular flexibility index (Phi) is 1.37. The van der Waals surface area contributed by atoms with Crippen LogP contribution in [-0.2, 0) is 0 Å². The maximum atomic E-state index is 7.97. The number of nitrogens with zero attached hydrogens (tertiary/aromatic N) is 1. The first-order valence-corrected chi connectivity index (χ1v) is 4.40. The van der Waals surface area contributed by atoms with Gasteiger partial charge in [0, 0.05) is 17.7 Å². The summed E-state index contributed by atoms with van der Waals surface area (Å²) in [5, 5.41) is 0. The molecule has 0 N–H and O–H groups in total. The number of aryl methyl sites for hydroxylation is 1. The van der Waals surface area contributed by atoms with Crippen LogP contribution in [0.4, 0.5) is 5.69 Å². The van der Waals surface area contributed by atoms with Gasteiger partial charge < -0.3 is 4.90 Å². The lowest BCUT2D eigenvalue weighted by Crippen LogP contribution is -1.98. The molecular weight excluding hydrogens is 146 g/mol. The van der Waals surface area contributed by atoms with Crippen molar-refractivity contribution in [3.8, 4) is 0 Å². The summed E-state index contributed by atoms with van der Waals surface area (Å²) in [4.78, 5) is 2.14. The third-order valence-electron chi connectivity index (χ3n) is 2.68. The average molecular weight is 162 g/mol. The van der Waals surface area contributed by atoms with Crippen LogP contribution in [0.2, 0.25) is 0 Å². The zero-order valence-corrected chi connectivity index (χ0v) is 7.83. The van der Waals surface area contributed by atoms with Gasteiger partial charge in [-0.05, 0) is 32.4 Å². The topological polar surface area (TPSA) is 3.01 Å². The predicted molar refractivity (Wildman–Crippen MR) is 52.6 cm³/mol. The summed E-state index contributed by atoms with van der Waals surface area (Å²) in [7, 11) is 0. The van der Waals surface area contributed by atoms with Crippen LogP contribution in [0, 0.1) is 6.92 Å². The average Bonchev–Trinajstić information content (AvgIpc) is 2.54. The van der Waals surface area contributed by atoms with E-state index in [0.717, 1.165) is 0 Å². The zero-order valence-electron chi connectivity index (χ0n) is 8.83. The highest BCUT2D eigenvalue weighted by Gasteiger charge is 2.40. The molecule has 2 rings (SSSR count). The second-order valence-corrected chi connectivity index (χ2v) is 3.47. The molecule has 0 bridgehead atoms. The van der Waals surface area contributed by atoms with E-state index in [4.69, 9.17) is 1.37 Å². The molecule has 1 aliphatic heterocycles. The Labute approximate surface area is 75.4 Å². The van der Waals surface area contributed by atoms with E-state index in [9.17, 15) is 0 Å². The summed E-state index contributed by atoms with van der Waals surface area (Å²) in [6.45, 7) is 6.15. The molecule has 2 atom stereocenters. The normalized spacial score (nSPS) is 34.8. The Hall–Kier alpha value is -0.980. The molecule has 1 nitrogen and oxygen atoms in total. The van der Waals surface area contributed by atoms with Crippen molar-refractivity contribution < 1.29 is 1.37 Å². The van der Waals surface area contributed by atoms with Gasteiger partial charge >= 0.3 is 0 Å². The highest BCUT2D eigenvalue weighted by molar-refractivity contribution is 5.60. The van der Waals surface area contributed by atoms with Gasteiger partial charge in [-0.25, -0.2) is 0 Å².